The number of aromatic nitrogens is 12. The van der Waals surface area contributed by atoms with E-state index in [9.17, 15) is 88.2 Å². The van der Waals surface area contributed by atoms with Crippen LogP contribution in [0.3, 0.4) is 0 Å². The summed E-state index contributed by atoms with van der Waals surface area (Å²) >= 11 is 0. The van der Waals surface area contributed by atoms with E-state index in [-0.39, 0.29) is 0 Å². The lowest BCUT2D eigenvalue weighted by Crippen LogP contribution is -2.56. The molecule has 69 heavy (non-hydrogen) atoms. The first-order valence-corrected chi connectivity index (χ1v) is 21.2. The molecule has 6 N–H and O–H groups in total. The van der Waals surface area contributed by atoms with Crippen LogP contribution in [0.25, 0.3) is 0 Å². The molecule has 0 radical (unpaired) electrons. The van der Waals surface area contributed by atoms with Gasteiger partial charge in [0.15, 0.2) is 0 Å². The molecule has 0 amide bonds. The van der Waals surface area contributed by atoms with Crippen LogP contribution in [-0.4, -0.2) is 165 Å². The van der Waals surface area contributed by atoms with E-state index in [1.807, 2.05) is 0 Å². The second-order valence-corrected chi connectivity index (χ2v) is 14.4. The van der Waals surface area contributed by atoms with Gasteiger partial charge >= 0.3 is 68.3 Å². The number of rotatable bonds is 30. The number of aliphatic hydroxyl groups is 6. The Morgan fingerprint density at radius 2 is 0.304 bits per heavy atom. The van der Waals surface area contributed by atoms with E-state index in [1.165, 1.54) is 0 Å². The lowest BCUT2D eigenvalue weighted by molar-refractivity contribution is 0.102. The summed E-state index contributed by atoms with van der Waals surface area (Å²) in [7, 11) is 0. The number of nitrogens with zero attached hydrogens (tertiary/aromatic N) is 12. The van der Waals surface area contributed by atoms with Crippen LogP contribution in [-0.2, 0) is 92.7 Å². The first-order chi connectivity index (χ1) is 33.1. The average Bonchev–Trinajstić information content (AvgIpc) is 3.32. The molecule has 33 heteroatoms. The molecule has 4 aromatic heterocycles. The molecule has 0 bridgehead atoms. The molecule has 4 aromatic rings. The van der Waals surface area contributed by atoms with Crippen molar-refractivity contribution >= 4 is 0 Å². The van der Waals surface area contributed by atoms with Gasteiger partial charge in [0, 0.05) is 0 Å². The van der Waals surface area contributed by atoms with Gasteiger partial charge in [0.2, 0.25) is 0 Å². The Kier molecular flexibility index (Phi) is 20.8. The fourth-order valence-corrected chi connectivity index (χ4v) is 6.87. The fraction of sp³-hybridized carbons (Fsp3) is 0.667. The predicted molar refractivity (Wildman–Crippen MR) is 232 cm³/mol. The van der Waals surface area contributed by atoms with Crippen molar-refractivity contribution in [1.29, 1.82) is 0 Å². The molecule has 4 heterocycles. The highest BCUT2D eigenvalue weighted by atomic mass is 16.5. The summed E-state index contributed by atoms with van der Waals surface area (Å²) in [5.41, 5.74) is -13.2. The summed E-state index contributed by atoms with van der Waals surface area (Å²) < 4.78 is 23.7. The Hall–Kier alpha value is -6.72. The Bertz CT molecular complexity index is 2660. The smallest absolute Gasteiger partial charge is 0.336 e. The lowest BCUT2D eigenvalue weighted by atomic mass is 10.5. The van der Waals surface area contributed by atoms with E-state index >= 15 is 0 Å². The molecule has 0 saturated carbocycles. The second-order valence-electron chi connectivity index (χ2n) is 14.4. The van der Waals surface area contributed by atoms with Crippen LogP contribution in [0.5, 0.6) is 0 Å². The van der Waals surface area contributed by atoms with Crippen molar-refractivity contribution in [2.75, 3.05) is 79.3 Å². The van der Waals surface area contributed by atoms with E-state index < -0.39 is 226 Å². The summed E-state index contributed by atoms with van der Waals surface area (Å²) in [6, 6.07) is 0. The van der Waals surface area contributed by atoms with E-state index in [0.29, 0.717) is 54.8 Å². The zero-order valence-corrected chi connectivity index (χ0v) is 37.1. The summed E-state index contributed by atoms with van der Waals surface area (Å²) in [6.45, 7) is -12.1. The number of hydrogen-bond acceptors (Lipinski definition) is 21. The predicted octanol–water partition coefficient (Wildman–Crippen LogP) is -12.3. The molecule has 0 aliphatic carbocycles. The van der Waals surface area contributed by atoms with Crippen LogP contribution in [0.2, 0.25) is 0 Å². The Morgan fingerprint density at radius 3 is 0.406 bits per heavy atom. The van der Waals surface area contributed by atoms with E-state index in [1.54, 1.807) is 0 Å². The van der Waals surface area contributed by atoms with Gasteiger partial charge < -0.3 is 44.8 Å². The van der Waals surface area contributed by atoms with Gasteiger partial charge in [-0.1, -0.05) is 0 Å². The first-order valence-electron chi connectivity index (χ1n) is 21.2. The minimum Gasteiger partial charge on any atom is -0.395 e. The van der Waals surface area contributed by atoms with Crippen molar-refractivity contribution in [2.24, 2.45) is 0 Å². The van der Waals surface area contributed by atoms with Crippen molar-refractivity contribution in [2.45, 2.75) is 78.5 Å². The Balaban J connectivity index is 1.57. The highest BCUT2D eigenvalue weighted by Crippen LogP contribution is 1.89. The molecule has 0 aliphatic rings. The van der Waals surface area contributed by atoms with E-state index in [4.69, 9.17) is 14.2 Å². The molecule has 33 nitrogen and oxygen atoms in total. The second kappa shape index (κ2) is 26.1. The van der Waals surface area contributed by atoms with E-state index in [0.717, 1.165) is 0 Å². The van der Waals surface area contributed by atoms with E-state index in [2.05, 4.69) is 0 Å². The zero-order valence-electron chi connectivity index (χ0n) is 37.1. The molecular formula is C36H54N12O21. The number of aliphatic hydroxyl groups excluding tert-OH is 6. The molecule has 0 aliphatic heterocycles. The highest BCUT2D eigenvalue weighted by Gasteiger charge is 2.20. The molecule has 0 fully saturated rings. The van der Waals surface area contributed by atoms with Gasteiger partial charge in [-0.25, -0.2) is 112 Å². The van der Waals surface area contributed by atoms with Gasteiger partial charge in [0.05, 0.1) is 158 Å². The quantitative estimate of drug-likeness (QED) is 0.0264. The maximum Gasteiger partial charge on any atom is 0.336 e. The summed E-state index contributed by atoms with van der Waals surface area (Å²) in [4.78, 5) is 156. The largest absolute Gasteiger partial charge is 0.395 e. The van der Waals surface area contributed by atoms with Gasteiger partial charge in [0.1, 0.15) is 0 Å². The molecule has 0 aromatic carbocycles. The van der Waals surface area contributed by atoms with Crippen LogP contribution >= 0.6 is 0 Å². The number of hydrogen-bond donors (Lipinski definition) is 6. The molecule has 0 spiro atoms. The van der Waals surface area contributed by atoms with Gasteiger partial charge in [0.25, 0.3) is 0 Å². The molecular weight excluding hydrogens is 936 g/mol. The zero-order chi connectivity index (χ0) is 50.9. The maximum absolute atomic E-state index is 13.7. The first kappa shape index (κ1) is 54.9. The summed E-state index contributed by atoms with van der Waals surface area (Å²) in [5.74, 6) is 0. The third-order valence-corrected chi connectivity index (χ3v) is 10.2. The van der Waals surface area contributed by atoms with Gasteiger partial charge in [-0.15, -0.1) is 0 Å². The molecule has 0 unspecified atom stereocenters. The van der Waals surface area contributed by atoms with Gasteiger partial charge in [-0.3, -0.25) is 0 Å². The fourth-order valence-electron chi connectivity index (χ4n) is 6.87. The SMILES string of the molecule is O=c1n(CCO)c(=O)n(CCOCCn2c(=O)n(CCOCCn3c(=O)n(CCO)c(=O)n(CCO)c3=O)c(=O)n(CCOCCn3c(=O)n(CCO)c(=O)n(CCO)c3=O)c2=O)c(=O)n1CCO. The van der Waals surface area contributed by atoms with Gasteiger partial charge in [-0.05, 0) is 0 Å². The number of ether oxygens (including phenoxy) is 3. The molecule has 0 saturated heterocycles. The normalized spacial score (nSPS) is 11.6. The molecule has 4 rings (SSSR count). The summed E-state index contributed by atoms with van der Waals surface area (Å²) in [5, 5.41) is 56.0. The topological polar surface area (TPSA) is 413 Å². The van der Waals surface area contributed by atoms with Crippen LogP contribution in [0, 0.1) is 0 Å². The van der Waals surface area contributed by atoms with Crippen LogP contribution in [0.15, 0.2) is 57.5 Å². The van der Waals surface area contributed by atoms with Crippen LogP contribution in [0.1, 0.15) is 0 Å². The lowest BCUT2D eigenvalue weighted by Gasteiger charge is -2.16. The minimum atomic E-state index is -1.16. The van der Waals surface area contributed by atoms with Gasteiger partial charge in [-0.2, -0.15) is 0 Å². The van der Waals surface area contributed by atoms with Crippen molar-refractivity contribution in [1.82, 2.24) is 54.8 Å². The monoisotopic (exact) mass is 990 g/mol. The van der Waals surface area contributed by atoms with Crippen LogP contribution < -0.4 is 68.3 Å². The third-order valence-electron chi connectivity index (χ3n) is 10.2. The van der Waals surface area contributed by atoms with Crippen LogP contribution in [0.4, 0.5) is 0 Å². The minimum absolute atomic E-state index is 0.409. The van der Waals surface area contributed by atoms with Crippen molar-refractivity contribution in [3.63, 3.8) is 0 Å². The third kappa shape index (κ3) is 12.5. The summed E-state index contributed by atoms with van der Waals surface area (Å²) in [6.07, 6.45) is 0. The maximum atomic E-state index is 13.7. The molecule has 384 valence electrons. The highest BCUT2D eigenvalue weighted by molar-refractivity contribution is 4.83. The van der Waals surface area contributed by atoms with Crippen molar-refractivity contribution in [3.05, 3.63) is 126 Å². The van der Waals surface area contributed by atoms with Crippen molar-refractivity contribution < 1.29 is 44.8 Å². The standard InChI is InChI=1S/C36H54N12O21/c49-13-1-37-25(55)38(2-14-50)29(59)43(28(37)58)7-19-67-22-10-46-34(64)47(11-23-68-20-8-44-30(60)39(3-15-51)26(56)40(4-16-52)31(44)61)36(66)48(35(46)65)12-24-69-21-9-45-32(62)41(5-17-53)27(57)42(6-18-54)33(45)63/h49-54H,1-24H2. The Morgan fingerprint density at radius 1 is 0.203 bits per heavy atom. The average molecular weight is 991 g/mol. The molecule has 0 atom stereocenters. The Labute approximate surface area is 383 Å². The van der Waals surface area contributed by atoms with Crippen molar-refractivity contribution in [3.8, 4) is 0 Å².